The lowest BCUT2D eigenvalue weighted by atomic mass is 10.3. The van der Waals surface area contributed by atoms with Crippen LogP contribution in [-0.4, -0.2) is 65.6 Å². The minimum absolute atomic E-state index is 0.192. The average Bonchev–Trinajstić information content (AvgIpc) is 1.98. The molecule has 2 N–H and O–H groups in total. The topological polar surface area (TPSA) is 52.6 Å². The highest BCUT2D eigenvalue weighted by Gasteiger charge is 2.08. The van der Waals surface area contributed by atoms with Crippen molar-refractivity contribution in [2.75, 3.05) is 39.2 Å². The Bertz CT molecular complexity index is 176. The van der Waals surface area contributed by atoms with Crippen LogP contribution in [0.25, 0.3) is 0 Å². The summed E-state index contributed by atoms with van der Waals surface area (Å²) in [4.78, 5) is 1.94. The van der Waals surface area contributed by atoms with E-state index in [0.717, 1.165) is 0 Å². The van der Waals surface area contributed by atoms with Crippen LogP contribution in [0.5, 0.6) is 0 Å². The van der Waals surface area contributed by atoms with Crippen molar-refractivity contribution in [2.24, 2.45) is 0 Å². The first kappa shape index (κ1) is 14.0. The van der Waals surface area contributed by atoms with Gasteiger partial charge in [-0.15, -0.1) is 0 Å². The number of aliphatic hydroxyl groups is 1. The lowest BCUT2D eigenvalue weighted by Crippen LogP contribution is -2.40. The van der Waals surface area contributed by atoms with Gasteiger partial charge in [-0.25, -0.2) is 0 Å². The number of nitrogens with one attached hydrogen (secondary N) is 1. The second kappa shape index (κ2) is 7.34. The molecule has 3 unspecified atom stereocenters. The van der Waals surface area contributed by atoms with Crippen molar-refractivity contribution in [1.82, 2.24) is 10.2 Å². The Morgan fingerprint density at radius 3 is 2.50 bits per heavy atom. The molecule has 0 saturated carbocycles. The van der Waals surface area contributed by atoms with Crippen LogP contribution in [0.2, 0.25) is 0 Å². The fraction of sp³-hybridized carbons (Fsp3) is 1.00. The maximum Gasteiger partial charge on any atom is 0.0791 e. The number of likely N-dealkylation sites (N-methyl/N-ethyl adjacent to an activating group) is 1. The molecule has 86 valence electrons. The van der Waals surface area contributed by atoms with Gasteiger partial charge in [0.2, 0.25) is 0 Å². The van der Waals surface area contributed by atoms with Crippen LogP contribution in [0.1, 0.15) is 6.92 Å². The van der Waals surface area contributed by atoms with E-state index in [9.17, 15) is 9.32 Å². The molecule has 0 spiro atoms. The minimum atomic E-state index is -0.776. The Morgan fingerprint density at radius 2 is 2.07 bits per heavy atom. The van der Waals surface area contributed by atoms with Crippen molar-refractivity contribution in [1.29, 1.82) is 0 Å². The van der Waals surface area contributed by atoms with E-state index in [4.69, 9.17) is 0 Å². The van der Waals surface area contributed by atoms with Gasteiger partial charge in [0.25, 0.3) is 0 Å². The van der Waals surface area contributed by atoms with Gasteiger partial charge in [-0.05, 0) is 21.0 Å². The van der Waals surface area contributed by atoms with Gasteiger partial charge in [0.05, 0.1) is 6.10 Å². The molecular weight excluding hydrogens is 200 g/mol. The molecule has 0 heterocycles. The van der Waals surface area contributed by atoms with Crippen LogP contribution in [-0.2, 0) is 10.8 Å². The Labute approximate surface area is 89.1 Å². The molecule has 0 aromatic heterocycles. The second-order valence-electron chi connectivity index (χ2n) is 3.97. The van der Waals surface area contributed by atoms with Gasteiger partial charge in [0.1, 0.15) is 0 Å². The molecule has 0 bridgehead atoms. The highest BCUT2D eigenvalue weighted by Crippen LogP contribution is 1.89. The van der Waals surface area contributed by atoms with Gasteiger partial charge in [0, 0.05) is 41.9 Å². The van der Waals surface area contributed by atoms with Crippen molar-refractivity contribution >= 4 is 10.8 Å². The molecule has 0 saturated heterocycles. The van der Waals surface area contributed by atoms with Crippen LogP contribution in [0, 0.1) is 0 Å². The molecule has 3 atom stereocenters. The largest absolute Gasteiger partial charge is 0.390 e. The summed E-state index contributed by atoms with van der Waals surface area (Å²) in [5, 5.41) is 12.7. The highest BCUT2D eigenvalue weighted by molar-refractivity contribution is 7.84. The standard InChI is InChI=1S/C9H22N2O2S/c1-8(7-14(4)13)10-5-9(12)6-11(2)3/h8-10,12H,5-7H2,1-4H3. The van der Waals surface area contributed by atoms with Crippen LogP contribution < -0.4 is 5.32 Å². The fourth-order valence-corrected chi connectivity index (χ4v) is 2.06. The van der Waals surface area contributed by atoms with E-state index in [2.05, 4.69) is 5.32 Å². The quantitative estimate of drug-likeness (QED) is 0.596. The molecule has 5 heteroatoms. The van der Waals surface area contributed by atoms with Crippen LogP contribution in [0.4, 0.5) is 0 Å². The van der Waals surface area contributed by atoms with Gasteiger partial charge < -0.3 is 15.3 Å². The van der Waals surface area contributed by atoms with E-state index >= 15 is 0 Å². The molecule has 14 heavy (non-hydrogen) atoms. The van der Waals surface area contributed by atoms with Crippen LogP contribution >= 0.6 is 0 Å². The zero-order chi connectivity index (χ0) is 11.1. The normalized spacial score (nSPS) is 18.1. The van der Waals surface area contributed by atoms with Gasteiger partial charge in [0.15, 0.2) is 0 Å². The third-order valence-corrected chi connectivity index (χ3v) is 2.73. The molecule has 0 aliphatic rings. The molecule has 0 radical (unpaired) electrons. The third-order valence-electron chi connectivity index (χ3n) is 1.76. The SMILES string of the molecule is CC(CS(C)=O)NCC(O)CN(C)C. The summed E-state index contributed by atoms with van der Waals surface area (Å²) in [6.45, 7) is 3.18. The minimum Gasteiger partial charge on any atom is -0.390 e. The monoisotopic (exact) mass is 222 g/mol. The summed E-state index contributed by atoms with van der Waals surface area (Å²) >= 11 is 0. The molecule has 0 amide bonds. The van der Waals surface area contributed by atoms with Gasteiger partial charge in [-0.2, -0.15) is 0 Å². The van der Waals surface area contributed by atoms with Crippen LogP contribution in [0.15, 0.2) is 0 Å². The summed E-state index contributed by atoms with van der Waals surface area (Å²) in [6.07, 6.45) is 1.33. The molecule has 0 aliphatic heterocycles. The van der Waals surface area contributed by atoms with Gasteiger partial charge in [-0.3, -0.25) is 4.21 Å². The zero-order valence-electron chi connectivity index (χ0n) is 9.49. The number of hydrogen-bond acceptors (Lipinski definition) is 4. The van der Waals surface area contributed by atoms with Gasteiger partial charge >= 0.3 is 0 Å². The lowest BCUT2D eigenvalue weighted by molar-refractivity contribution is 0.133. The van der Waals surface area contributed by atoms with E-state index in [1.54, 1.807) is 6.26 Å². The molecule has 0 aromatic rings. The van der Waals surface area contributed by atoms with Crippen LogP contribution in [0.3, 0.4) is 0 Å². The van der Waals surface area contributed by atoms with E-state index in [0.29, 0.717) is 18.8 Å². The predicted octanol–water partition coefficient (Wildman–Crippen LogP) is -0.734. The Balaban J connectivity index is 3.55. The smallest absolute Gasteiger partial charge is 0.0791 e. The number of rotatable bonds is 7. The summed E-state index contributed by atoms with van der Waals surface area (Å²) < 4.78 is 10.9. The van der Waals surface area contributed by atoms with Gasteiger partial charge in [-0.1, -0.05) is 0 Å². The summed E-state index contributed by atoms with van der Waals surface area (Å²) in [6, 6.07) is 0.192. The van der Waals surface area contributed by atoms with E-state index in [1.807, 2.05) is 25.9 Å². The second-order valence-corrected chi connectivity index (χ2v) is 5.44. The maximum atomic E-state index is 10.9. The van der Waals surface area contributed by atoms with Crippen molar-refractivity contribution < 1.29 is 9.32 Å². The summed E-state index contributed by atoms with van der Waals surface area (Å²) in [5.74, 6) is 0.634. The van der Waals surface area contributed by atoms with E-state index < -0.39 is 10.8 Å². The van der Waals surface area contributed by atoms with Crippen molar-refractivity contribution in [2.45, 2.75) is 19.1 Å². The molecule has 4 nitrogen and oxygen atoms in total. The zero-order valence-corrected chi connectivity index (χ0v) is 10.3. The Morgan fingerprint density at radius 1 is 1.50 bits per heavy atom. The van der Waals surface area contributed by atoms with E-state index in [-0.39, 0.29) is 12.1 Å². The summed E-state index contributed by atoms with van der Waals surface area (Å²) in [7, 11) is 3.07. The molecular formula is C9H22N2O2S. The average molecular weight is 222 g/mol. The molecule has 0 aromatic carbocycles. The third kappa shape index (κ3) is 8.62. The molecule has 0 aliphatic carbocycles. The number of aliphatic hydroxyl groups excluding tert-OH is 1. The van der Waals surface area contributed by atoms with E-state index in [1.165, 1.54) is 0 Å². The maximum absolute atomic E-state index is 10.9. The number of hydrogen-bond donors (Lipinski definition) is 2. The van der Waals surface area contributed by atoms with Crippen molar-refractivity contribution in [3.05, 3.63) is 0 Å². The van der Waals surface area contributed by atoms with Crippen molar-refractivity contribution in [3.8, 4) is 0 Å². The van der Waals surface area contributed by atoms with Crippen molar-refractivity contribution in [3.63, 3.8) is 0 Å². The fourth-order valence-electron chi connectivity index (χ4n) is 1.23. The molecule has 0 fully saturated rings. The Kier molecular flexibility index (Phi) is 7.35. The first-order chi connectivity index (χ1) is 6.41. The number of nitrogens with zero attached hydrogens (tertiary/aromatic N) is 1. The first-order valence-electron chi connectivity index (χ1n) is 4.78. The Hall–Kier alpha value is 0.0300. The molecule has 0 rings (SSSR count). The lowest BCUT2D eigenvalue weighted by Gasteiger charge is -2.19. The predicted molar refractivity (Wildman–Crippen MR) is 61.0 cm³/mol. The highest BCUT2D eigenvalue weighted by atomic mass is 32.2. The summed E-state index contributed by atoms with van der Waals surface area (Å²) in [5.41, 5.74) is 0. The first-order valence-corrected chi connectivity index (χ1v) is 6.50.